The van der Waals surface area contributed by atoms with Crippen LogP contribution >= 0.6 is 0 Å². The second kappa shape index (κ2) is 5.83. The first-order valence-corrected chi connectivity index (χ1v) is 7.35. The first kappa shape index (κ1) is 13.4. The van der Waals surface area contributed by atoms with Crippen LogP contribution in [0, 0.1) is 5.92 Å². The van der Waals surface area contributed by atoms with Crippen molar-refractivity contribution >= 4 is 5.90 Å². The third-order valence-electron chi connectivity index (χ3n) is 4.28. The number of rotatable bonds is 4. The maximum atomic E-state index is 6.00. The Morgan fingerprint density at radius 3 is 3.10 bits per heavy atom. The van der Waals surface area contributed by atoms with Gasteiger partial charge in [0.15, 0.2) is 5.90 Å². The topological polar surface area (TPSA) is 56.8 Å². The molecule has 0 radical (unpaired) electrons. The van der Waals surface area contributed by atoms with Crippen LogP contribution in [-0.4, -0.2) is 31.7 Å². The minimum absolute atomic E-state index is 0.276. The molecule has 1 aromatic carbocycles. The number of nitrogens with zero attached hydrogens (tertiary/aromatic N) is 1. The van der Waals surface area contributed by atoms with Crippen LogP contribution in [0.3, 0.4) is 0 Å². The molecule has 3 unspecified atom stereocenters. The summed E-state index contributed by atoms with van der Waals surface area (Å²) in [4.78, 5) is 4.76. The quantitative estimate of drug-likeness (QED) is 0.915. The van der Waals surface area contributed by atoms with Gasteiger partial charge in [-0.3, -0.25) is 0 Å². The molecule has 0 bridgehead atoms. The molecule has 1 aliphatic carbocycles. The summed E-state index contributed by atoms with van der Waals surface area (Å²) in [5, 5.41) is 0. The lowest BCUT2D eigenvalue weighted by atomic mass is 9.84. The highest BCUT2D eigenvalue weighted by Gasteiger charge is 2.36. The van der Waals surface area contributed by atoms with Gasteiger partial charge < -0.3 is 15.2 Å². The number of hydrogen-bond donors (Lipinski definition) is 1. The molecule has 0 saturated heterocycles. The summed E-state index contributed by atoms with van der Waals surface area (Å²) in [6.45, 7) is 0.768. The summed E-state index contributed by atoms with van der Waals surface area (Å²) in [7, 11) is 1.68. The van der Waals surface area contributed by atoms with Crippen LogP contribution in [0.1, 0.15) is 24.8 Å². The maximum Gasteiger partial charge on any atom is 0.188 e. The highest BCUT2D eigenvalue weighted by atomic mass is 16.5. The first-order valence-electron chi connectivity index (χ1n) is 7.35. The molecule has 2 N–H and O–H groups in total. The van der Waals surface area contributed by atoms with Gasteiger partial charge in [-0.25, -0.2) is 4.99 Å². The van der Waals surface area contributed by atoms with E-state index in [2.05, 4.69) is 6.07 Å². The van der Waals surface area contributed by atoms with Crippen molar-refractivity contribution < 1.29 is 9.47 Å². The molecule has 1 fully saturated rings. The Morgan fingerprint density at radius 2 is 2.30 bits per heavy atom. The van der Waals surface area contributed by atoms with E-state index in [9.17, 15) is 0 Å². The fourth-order valence-corrected chi connectivity index (χ4v) is 3.13. The van der Waals surface area contributed by atoms with Crippen molar-refractivity contribution in [1.29, 1.82) is 0 Å². The molecular weight excluding hydrogens is 252 g/mol. The largest absolute Gasteiger partial charge is 0.497 e. The molecule has 4 heteroatoms. The van der Waals surface area contributed by atoms with E-state index in [-0.39, 0.29) is 6.10 Å². The van der Waals surface area contributed by atoms with Gasteiger partial charge in [-0.05, 0) is 49.4 Å². The number of benzene rings is 1. The maximum absolute atomic E-state index is 6.00. The lowest BCUT2D eigenvalue weighted by Gasteiger charge is -2.28. The van der Waals surface area contributed by atoms with Crippen molar-refractivity contribution in [3.8, 4) is 5.75 Å². The Balaban J connectivity index is 1.66. The van der Waals surface area contributed by atoms with Gasteiger partial charge >= 0.3 is 0 Å². The molecule has 0 amide bonds. The van der Waals surface area contributed by atoms with Crippen LogP contribution in [0.5, 0.6) is 5.75 Å². The molecule has 1 aliphatic heterocycles. The molecular formula is C16H22N2O2. The minimum atomic E-state index is 0.276. The second-order valence-corrected chi connectivity index (χ2v) is 5.69. The van der Waals surface area contributed by atoms with Gasteiger partial charge in [-0.15, -0.1) is 0 Å². The third-order valence-corrected chi connectivity index (χ3v) is 4.28. The van der Waals surface area contributed by atoms with Gasteiger partial charge in [0.2, 0.25) is 0 Å². The standard InChI is InChI=1S/C16H22N2O2/c1-19-13-4-2-3-11(7-13)9-16-18-14-8-12(10-17)5-6-15(14)20-16/h2-4,7,12,14-15H,5-6,8-10,17H2,1H3. The number of ether oxygens (including phenoxy) is 2. The van der Waals surface area contributed by atoms with Crippen LogP contribution in [0.25, 0.3) is 0 Å². The monoisotopic (exact) mass is 274 g/mol. The predicted molar refractivity (Wildman–Crippen MR) is 79.2 cm³/mol. The van der Waals surface area contributed by atoms with Crippen molar-refractivity contribution in [2.45, 2.75) is 37.8 Å². The van der Waals surface area contributed by atoms with E-state index in [1.165, 1.54) is 12.0 Å². The zero-order valence-electron chi connectivity index (χ0n) is 11.9. The number of aliphatic imine (C=N–C) groups is 1. The average molecular weight is 274 g/mol. The smallest absolute Gasteiger partial charge is 0.188 e. The molecule has 3 atom stereocenters. The van der Waals surface area contributed by atoms with Crippen LogP contribution in [0.15, 0.2) is 29.3 Å². The third kappa shape index (κ3) is 2.80. The van der Waals surface area contributed by atoms with Gasteiger partial charge in [-0.2, -0.15) is 0 Å². The fourth-order valence-electron chi connectivity index (χ4n) is 3.13. The van der Waals surface area contributed by atoms with Crippen LogP contribution in [-0.2, 0) is 11.2 Å². The van der Waals surface area contributed by atoms with Crippen molar-refractivity contribution in [3.05, 3.63) is 29.8 Å². The molecule has 108 valence electrons. The van der Waals surface area contributed by atoms with Crippen molar-refractivity contribution in [2.75, 3.05) is 13.7 Å². The van der Waals surface area contributed by atoms with Gasteiger partial charge in [0, 0.05) is 6.42 Å². The Labute approximate surface area is 120 Å². The second-order valence-electron chi connectivity index (χ2n) is 5.69. The number of nitrogens with two attached hydrogens (primary N) is 1. The van der Waals surface area contributed by atoms with Gasteiger partial charge in [0.05, 0.1) is 13.2 Å². The number of fused-ring (bicyclic) bond motifs is 1. The Bertz CT molecular complexity index is 501. The lowest BCUT2D eigenvalue weighted by molar-refractivity contribution is 0.127. The van der Waals surface area contributed by atoms with Crippen LogP contribution in [0.2, 0.25) is 0 Å². The van der Waals surface area contributed by atoms with E-state index >= 15 is 0 Å². The highest BCUT2D eigenvalue weighted by molar-refractivity contribution is 5.80. The zero-order valence-corrected chi connectivity index (χ0v) is 11.9. The van der Waals surface area contributed by atoms with E-state index in [1.807, 2.05) is 18.2 Å². The summed E-state index contributed by atoms with van der Waals surface area (Å²) in [6.07, 6.45) is 4.34. The van der Waals surface area contributed by atoms with Crippen molar-refractivity contribution in [2.24, 2.45) is 16.6 Å². The molecule has 0 spiro atoms. The van der Waals surface area contributed by atoms with Crippen molar-refractivity contribution in [3.63, 3.8) is 0 Å². The van der Waals surface area contributed by atoms with E-state index in [4.69, 9.17) is 20.2 Å². The number of methoxy groups -OCH3 is 1. The van der Waals surface area contributed by atoms with Crippen LogP contribution < -0.4 is 10.5 Å². The summed E-state index contributed by atoms with van der Waals surface area (Å²) in [6, 6.07) is 8.39. The molecule has 1 saturated carbocycles. The summed E-state index contributed by atoms with van der Waals surface area (Å²) >= 11 is 0. The van der Waals surface area contributed by atoms with E-state index in [1.54, 1.807) is 7.11 Å². The molecule has 1 aromatic rings. The normalized spacial score (nSPS) is 28.5. The minimum Gasteiger partial charge on any atom is -0.497 e. The molecule has 4 nitrogen and oxygen atoms in total. The van der Waals surface area contributed by atoms with Gasteiger partial charge in [0.1, 0.15) is 11.9 Å². The lowest BCUT2D eigenvalue weighted by Crippen LogP contribution is -2.33. The average Bonchev–Trinajstić information content (AvgIpc) is 2.88. The first-order chi connectivity index (χ1) is 9.78. The van der Waals surface area contributed by atoms with Crippen LogP contribution in [0.4, 0.5) is 0 Å². The summed E-state index contributed by atoms with van der Waals surface area (Å²) in [5.74, 6) is 2.35. The highest BCUT2D eigenvalue weighted by Crippen LogP contribution is 2.32. The summed E-state index contributed by atoms with van der Waals surface area (Å²) < 4.78 is 11.3. The molecule has 1 heterocycles. The molecule has 2 aliphatic rings. The molecule has 0 aromatic heterocycles. The fraction of sp³-hybridized carbons (Fsp3) is 0.562. The Hall–Kier alpha value is -1.55. The van der Waals surface area contributed by atoms with Gasteiger partial charge in [-0.1, -0.05) is 12.1 Å². The Morgan fingerprint density at radius 1 is 1.40 bits per heavy atom. The zero-order chi connectivity index (χ0) is 13.9. The van der Waals surface area contributed by atoms with E-state index in [0.717, 1.165) is 37.5 Å². The Kier molecular flexibility index (Phi) is 3.92. The molecule has 3 rings (SSSR count). The SMILES string of the molecule is COc1cccc(CC2=NC3CC(CN)CCC3O2)c1. The molecule has 20 heavy (non-hydrogen) atoms. The van der Waals surface area contributed by atoms with E-state index in [0.29, 0.717) is 12.0 Å². The van der Waals surface area contributed by atoms with Crippen molar-refractivity contribution in [1.82, 2.24) is 0 Å². The predicted octanol–water partition coefficient (Wildman–Crippen LogP) is 2.16. The van der Waals surface area contributed by atoms with Gasteiger partial charge in [0.25, 0.3) is 0 Å². The number of hydrogen-bond acceptors (Lipinski definition) is 4. The van der Waals surface area contributed by atoms with E-state index < -0.39 is 0 Å². The summed E-state index contributed by atoms with van der Waals surface area (Å²) in [5.41, 5.74) is 6.95.